The first-order valence-electron chi connectivity index (χ1n) is 10.2. The predicted molar refractivity (Wildman–Crippen MR) is 124 cm³/mol. The summed E-state index contributed by atoms with van der Waals surface area (Å²) in [5, 5.41) is 2.76. The molecule has 0 fully saturated rings. The van der Waals surface area contributed by atoms with E-state index in [1.54, 1.807) is 18.2 Å². The molecule has 0 atom stereocenters. The minimum absolute atomic E-state index is 0.00394. The predicted octanol–water partition coefficient (Wildman–Crippen LogP) is 4.42. The van der Waals surface area contributed by atoms with E-state index in [1.165, 1.54) is 0 Å². The van der Waals surface area contributed by atoms with Crippen LogP contribution < -0.4 is 20.9 Å². The summed E-state index contributed by atoms with van der Waals surface area (Å²) >= 11 is 3.39. The first-order chi connectivity index (χ1) is 14.8. The number of rotatable bonds is 9. The lowest BCUT2D eigenvalue weighted by Gasteiger charge is -2.11. The van der Waals surface area contributed by atoms with Gasteiger partial charge in [-0.3, -0.25) is 25.2 Å². The quantitative estimate of drug-likeness (QED) is 0.358. The second-order valence-corrected chi connectivity index (χ2v) is 8.05. The van der Waals surface area contributed by atoms with Crippen molar-refractivity contribution in [1.82, 2.24) is 10.9 Å². The van der Waals surface area contributed by atoms with E-state index in [9.17, 15) is 14.4 Å². The van der Waals surface area contributed by atoms with E-state index in [2.05, 4.69) is 39.0 Å². The van der Waals surface area contributed by atoms with Crippen molar-refractivity contribution >= 4 is 39.3 Å². The van der Waals surface area contributed by atoms with E-state index in [1.807, 2.05) is 32.0 Å². The molecule has 0 heterocycles. The fraction of sp³-hybridized carbons (Fsp3) is 0.348. The van der Waals surface area contributed by atoms with Gasteiger partial charge >= 0.3 is 0 Å². The first-order valence-corrected chi connectivity index (χ1v) is 11.0. The smallest absolute Gasteiger partial charge is 0.269 e. The molecule has 0 aromatic heterocycles. The Labute approximate surface area is 191 Å². The van der Waals surface area contributed by atoms with E-state index in [4.69, 9.17) is 4.74 Å². The van der Waals surface area contributed by atoms with E-state index >= 15 is 0 Å². The molecule has 2 rings (SSSR count). The van der Waals surface area contributed by atoms with Crippen LogP contribution in [0, 0.1) is 13.8 Å². The number of halogens is 1. The van der Waals surface area contributed by atoms with E-state index < -0.39 is 11.8 Å². The molecular formula is C23H28BrN3O4. The SMILES string of the molecule is CCCCOc1ccc(C(=O)NNC(=O)CCC(=O)Nc2ccc(C)c(C)c2)cc1Br. The molecule has 0 aliphatic rings. The first kappa shape index (κ1) is 24.4. The van der Waals surface area contributed by atoms with Crippen molar-refractivity contribution in [1.29, 1.82) is 0 Å². The molecule has 0 bridgehead atoms. The van der Waals surface area contributed by atoms with Gasteiger partial charge in [-0.15, -0.1) is 0 Å². The molecular weight excluding hydrogens is 462 g/mol. The second kappa shape index (κ2) is 12.1. The van der Waals surface area contributed by atoms with Gasteiger partial charge in [0.2, 0.25) is 11.8 Å². The van der Waals surface area contributed by atoms with Crippen LogP contribution in [0.3, 0.4) is 0 Å². The second-order valence-electron chi connectivity index (χ2n) is 7.20. The summed E-state index contributed by atoms with van der Waals surface area (Å²) in [6.45, 7) is 6.64. The minimum atomic E-state index is -0.464. The molecule has 0 radical (unpaired) electrons. The highest BCUT2D eigenvalue weighted by molar-refractivity contribution is 9.10. The van der Waals surface area contributed by atoms with Crippen molar-refractivity contribution < 1.29 is 19.1 Å². The van der Waals surface area contributed by atoms with Crippen molar-refractivity contribution in [2.45, 2.75) is 46.5 Å². The van der Waals surface area contributed by atoms with Crippen LogP contribution >= 0.6 is 15.9 Å². The topological polar surface area (TPSA) is 96.5 Å². The Bertz CT molecular complexity index is 946. The molecule has 8 heteroatoms. The summed E-state index contributed by atoms with van der Waals surface area (Å²) in [6.07, 6.45) is 1.93. The minimum Gasteiger partial charge on any atom is -0.492 e. The van der Waals surface area contributed by atoms with Crippen molar-refractivity contribution in [3.63, 3.8) is 0 Å². The zero-order valence-electron chi connectivity index (χ0n) is 18.0. The van der Waals surface area contributed by atoms with E-state index in [0.717, 1.165) is 24.0 Å². The third-order valence-corrected chi connectivity index (χ3v) is 5.25. The largest absolute Gasteiger partial charge is 0.492 e. The summed E-state index contributed by atoms with van der Waals surface area (Å²) < 4.78 is 6.29. The number of hydrazine groups is 1. The Morgan fingerprint density at radius 1 is 0.935 bits per heavy atom. The number of carbonyl (C=O) groups is 3. The molecule has 0 saturated carbocycles. The lowest BCUT2D eigenvalue weighted by atomic mass is 10.1. The molecule has 3 N–H and O–H groups in total. The maximum Gasteiger partial charge on any atom is 0.269 e. The number of amides is 3. The lowest BCUT2D eigenvalue weighted by Crippen LogP contribution is -2.41. The van der Waals surface area contributed by atoms with Crippen LogP contribution in [0.5, 0.6) is 5.75 Å². The molecule has 0 spiro atoms. The number of benzene rings is 2. The maximum atomic E-state index is 12.2. The fourth-order valence-electron chi connectivity index (χ4n) is 2.62. The zero-order valence-corrected chi connectivity index (χ0v) is 19.6. The molecule has 3 amide bonds. The maximum absolute atomic E-state index is 12.2. The molecule has 0 saturated heterocycles. The van der Waals surface area contributed by atoms with Crippen LogP contribution in [-0.2, 0) is 9.59 Å². The van der Waals surface area contributed by atoms with Gasteiger partial charge in [-0.05, 0) is 77.7 Å². The summed E-state index contributed by atoms with van der Waals surface area (Å²) in [5.41, 5.74) is 7.95. The van der Waals surface area contributed by atoms with Gasteiger partial charge < -0.3 is 10.1 Å². The van der Waals surface area contributed by atoms with Gasteiger partial charge in [0.05, 0.1) is 11.1 Å². The molecule has 2 aromatic rings. The molecule has 0 aliphatic carbocycles. The zero-order chi connectivity index (χ0) is 22.8. The number of hydrogen-bond acceptors (Lipinski definition) is 4. The van der Waals surface area contributed by atoms with Crippen molar-refractivity contribution in [2.24, 2.45) is 0 Å². The highest BCUT2D eigenvalue weighted by Gasteiger charge is 2.12. The molecule has 7 nitrogen and oxygen atoms in total. The monoisotopic (exact) mass is 489 g/mol. The third-order valence-electron chi connectivity index (χ3n) is 4.63. The van der Waals surface area contributed by atoms with Crippen molar-refractivity contribution in [3.05, 3.63) is 57.6 Å². The van der Waals surface area contributed by atoms with Gasteiger partial charge in [0, 0.05) is 24.1 Å². The lowest BCUT2D eigenvalue weighted by molar-refractivity contribution is -0.124. The Kier molecular flexibility index (Phi) is 9.52. The standard InChI is InChI=1S/C23H28BrN3O4/c1-4-5-12-31-20-9-7-17(14-19(20)24)23(30)27-26-22(29)11-10-21(28)25-18-8-6-15(2)16(3)13-18/h6-9,13-14H,4-5,10-12H2,1-3H3,(H,25,28)(H,26,29)(H,27,30). The normalized spacial score (nSPS) is 10.3. The molecule has 0 aliphatic heterocycles. The number of aryl methyl sites for hydroxylation is 2. The molecule has 31 heavy (non-hydrogen) atoms. The molecule has 0 unspecified atom stereocenters. The third kappa shape index (κ3) is 8.05. The summed E-state index contributed by atoms with van der Waals surface area (Å²) in [4.78, 5) is 36.3. The van der Waals surface area contributed by atoms with Crippen molar-refractivity contribution in [3.8, 4) is 5.75 Å². The van der Waals surface area contributed by atoms with Crippen molar-refractivity contribution in [2.75, 3.05) is 11.9 Å². The molecule has 2 aromatic carbocycles. The van der Waals surface area contributed by atoms with Gasteiger partial charge in [-0.2, -0.15) is 0 Å². The van der Waals surface area contributed by atoms with Gasteiger partial charge in [-0.25, -0.2) is 0 Å². The fourth-order valence-corrected chi connectivity index (χ4v) is 3.11. The van der Waals surface area contributed by atoms with Gasteiger partial charge in [0.1, 0.15) is 5.75 Å². The van der Waals surface area contributed by atoms with Gasteiger partial charge in [0.25, 0.3) is 5.91 Å². The van der Waals surface area contributed by atoms with Crippen LogP contribution in [0.15, 0.2) is 40.9 Å². The highest BCUT2D eigenvalue weighted by Crippen LogP contribution is 2.26. The average molecular weight is 490 g/mol. The van der Waals surface area contributed by atoms with Crippen LogP contribution in [0.1, 0.15) is 54.1 Å². The summed E-state index contributed by atoms with van der Waals surface area (Å²) in [6, 6.07) is 10.6. The summed E-state index contributed by atoms with van der Waals surface area (Å²) in [5.74, 6) is -0.535. The highest BCUT2D eigenvalue weighted by atomic mass is 79.9. The molecule has 166 valence electrons. The Balaban J connectivity index is 1.76. The number of carbonyl (C=O) groups excluding carboxylic acids is 3. The number of nitrogens with one attached hydrogen (secondary N) is 3. The summed E-state index contributed by atoms with van der Waals surface area (Å²) in [7, 11) is 0. The van der Waals surface area contributed by atoms with Crippen LogP contribution in [0.25, 0.3) is 0 Å². The average Bonchev–Trinajstić information content (AvgIpc) is 2.74. The number of hydrogen-bond donors (Lipinski definition) is 3. The van der Waals surface area contributed by atoms with E-state index in [0.29, 0.717) is 28.1 Å². The number of unbranched alkanes of at least 4 members (excludes halogenated alkanes) is 1. The van der Waals surface area contributed by atoms with Gasteiger partial charge in [0.15, 0.2) is 0 Å². The Hall–Kier alpha value is -2.87. The number of anilines is 1. The van der Waals surface area contributed by atoms with E-state index in [-0.39, 0.29) is 18.7 Å². The van der Waals surface area contributed by atoms with Crippen LogP contribution in [0.4, 0.5) is 5.69 Å². The Morgan fingerprint density at radius 3 is 2.35 bits per heavy atom. The van der Waals surface area contributed by atoms with Gasteiger partial charge in [-0.1, -0.05) is 19.4 Å². The van der Waals surface area contributed by atoms with Crippen LogP contribution in [-0.4, -0.2) is 24.3 Å². The van der Waals surface area contributed by atoms with Crippen LogP contribution in [0.2, 0.25) is 0 Å². The Morgan fingerprint density at radius 2 is 1.68 bits per heavy atom. The number of ether oxygens (including phenoxy) is 1.